The molecule has 1 aromatic rings. The Kier molecular flexibility index (Phi) is 2.30. The van der Waals surface area contributed by atoms with Gasteiger partial charge in [-0.2, -0.15) is 0 Å². The fourth-order valence-electron chi connectivity index (χ4n) is 3.39. The van der Waals surface area contributed by atoms with E-state index in [-0.39, 0.29) is 11.6 Å². The van der Waals surface area contributed by atoms with E-state index in [1.54, 1.807) is 24.3 Å². The van der Waals surface area contributed by atoms with Gasteiger partial charge in [-0.25, -0.2) is 0 Å². The van der Waals surface area contributed by atoms with E-state index in [9.17, 15) is 13.8 Å². The van der Waals surface area contributed by atoms with Gasteiger partial charge in [0.1, 0.15) is 0 Å². The second-order valence-corrected chi connectivity index (χ2v) is 8.81. The van der Waals surface area contributed by atoms with Crippen molar-refractivity contribution in [2.75, 3.05) is 0 Å². The lowest BCUT2D eigenvalue weighted by Gasteiger charge is -2.34. The number of hydrogen-bond acceptors (Lipinski definition) is 3. The van der Waals surface area contributed by atoms with Crippen LogP contribution in [-0.2, 0) is 10.8 Å². The van der Waals surface area contributed by atoms with Crippen molar-refractivity contribution in [3.63, 3.8) is 0 Å². The average Bonchev–Trinajstić information content (AvgIpc) is 2.78. The largest absolute Gasteiger partial charge is 0.294 e. The molecule has 1 aromatic carbocycles. The monoisotopic (exact) mass is 326 g/mol. The van der Waals surface area contributed by atoms with Crippen molar-refractivity contribution in [1.82, 2.24) is 0 Å². The molecule has 2 heterocycles. The van der Waals surface area contributed by atoms with Gasteiger partial charge in [0.2, 0.25) is 0 Å². The SMILES string of the molecule is O=C1c2ccccc2C(=O)C2C1C1(Cl)C=CC2(Cl)S1=O. The van der Waals surface area contributed by atoms with Crippen molar-refractivity contribution in [2.45, 2.75) is 8.41 Å². The van der Waals surface area contributed by atoms with Gasteiger partial charge < -0.3 is 0 Å². The van der Waals surface area contributed by atoms with Crippen LogP contribution in [0, 0.1) is 11.8 Å². The molecule has 4 unspecified atom stereocenters. The zero-order valence-corrected chi connectivity index (χ0v) is 12.3. The lowest BCUT2D eigenvalue weighted by molar-refractivity contribution is 0.0735. The molecule has 2 bridgehead atoms. The Hall–Kier alpha value is -0.970. The topological polar surface area (TPSA) is 51.2 Å². The molecule has 1 fully saturated rings. The highest BCUT2D eigenvalue weighted by molar-refractivity contribution is 7.92. The quantitative estimate of drug-likeness (QED) is 0.543. The van der Waals surface area contributed by atoms with E-state index in [4.69, 9.17) is 23.2 Å². The van der Waals surface area contributed by atoms with E-state index in [2.05, 4.69) is 0 Å². The van der Waals surface area contributed by atoms with Gasteiger partial charge in [0.15, 0.2) is 20.0 Å². The molecule has 4 atom stereocenters. The van der Waals surface area contributed by atoms with Crippen LogP contribution in [0.5, 0.6) is 0 Å². The molecule has 0 radical (unpaired) electrons. The molecular formula is C14H8Cl2O3S. The van der Waals surface area contributed by atoms with Crippen LogP contribution in [-0.4, -0.2) is 24.2 Å². The first-order valence-electron chi connectivity index (χ1n) is 6.09. The molecular weight excluding hydrogens is 319 g/mol. The van der Waals surface area contributed by atoms with Crippen LogP contribution >= 0.6 is 23.2 Å². The van der Waals surface area contributed by atoms with Crippen LogP contribution in [0.3, 0.4) is 0 Å². The van der Waals surface area contributed by atoms with Crippen LogP contribution in [0.15, 0.2) is 36.4 Å². The third kappa shape index (κ3) is 1.17. The first-order valence-corrected chi connectivity index (χ1v) is 7.99. The molecule has 102 valence electrons. The Bertz CT molecular complexity index is 685. The predicted octanol–water partition coefficient (Wildman–Crippen LogP) is 2.50. The van der Waals surface area contributed by atoms with E-state index in [0.717, 1.165) is 0 Å². The van der Waals surface area contributed by atoms with Gasteiger partial charge in [0.05, 0.1) is 22.6 Å². The molecule has 0 saturated carbocycles. The van der Waals surface area contributed by atoms with Crippen molar-refractivity contribution in [2.24, 2.45) is 11.8 Å². The van der Waals surface area contributed by atoms with Crippen LogP contribution in [0.1, 0.15) is 20.7 Å². The van der Waals surface area contributed by atoms with Gasteiger partial charge in [-0.15, -0.1) is 0 Å². The number of ketones is 2. The number of carbonyl (C=O) groups is 2. The summed E-state index contributed by atoms with van der Waals surface area (Å²) in [6.07, 6.45) is 3.02. The van der Waals surface area contributed by atoms with Crippen LogP contribution in [0.25, 0.3) is 0 Å². The minimum absolute atomic E-state index is 0.250. The van der Waals surface area contributed by atoms with E-state index < -0.39 is 31.0 Å². The van der Waals surface area contributed by atoms with Crippen molar-refractivity contribution in [3.8, 4) is 0 Å². The highest BCUT2D eigenvalue weighted by Crippen LogP contribution is 2.62. The fourth-order valence-corrected chi connectivity index (χ4v) is 6.66. The van der Waals surface area contributed by atoms with Gasteiger partial charge in [-0.1, -0.05) is 59.6 Å². The van der Waals surface area contributed by atoms with E-state index >= 15 is 0 Å². The zero-order valence-electron chi connectivity index (χ0n) is 10.0. The van der Waals surface area contributed by atoms with Crippen LogP contribution in [0.4, 0.5) is 0 Å². The summed E-state index contributed by atoms with van der Waals surface area (Å²) in [5.74, 6) is -2.20. The van der Waals surface area contributed by atoms with E-state index in [1.807, 2.05) is 0 Å². The highest BCUT2D eigenvalue weighted by atomic mass is 35.5. The zero-order chi connectivity index (χ0) is 14.3. The molecule has 3 nitrogen and oxygen atoms in total. The average molecular weight is 327 g/mol. The fraction of sp³-hybridized carbons (Fsp3) is 0.286. The smallest absolute Gasteiger partial charge is 0.170 e. The number of fused-ring (bicyclic) bond motifs is 6. The Morgan fingerprint density at radius 2 is 1.30 bits per heavy atom. The van der Waals surface area contributed by atoms with Gasteiger partial charge in [0.25, 0.3) is 0 Å². The number of hydrogen-bond donors (Lipinski definition) is 0. The van der Waals surface area contributed by atoms with Gasteiger partial charge in [-0.3, -0.25) is 13.8 Å². The number of rotatable bonds is 0. The molecule has 3 aliphatic rings. The molecule has 0 amide bonds. The maximum Gasteiger partial charge on any atom is 0.170 e. The van der Waals surface area contributed by atoms with Gasteiger partial charge in [-0.05, 0) is 0 Å². The lowest BCUT2D eigenvalue weighted by atomic mass is 9.69. The summed E-state index contributed by atoms with van der Waals surface area (Å²) < 4.78 is 9.76. The van der Waals surface area contributed by atoms with Crippen LogP contribution in [0.2, 0.25) is 0 Å². The van der Waals surface area contributed by atoms with Gasteiger partial charge >= 0.3 is 0 Å². The molecule has 0 N–H and O–H groups in total. The summed E-state index contributed by atoms with van der Waals surface area (Å²) in [5, 5.41) is 0. The van der Waals surface area contributed by atoms with Crippen molar-refractivity contribution < 1.29 is 13.8 Å². The van der Waals surface area contributed by atoms with Crippen LogP contribution < -0.4 is 0 Å². The summed E-state index contributed by atoms with van der Waals surface area (Å²) in [4.78, 5) is 25.3. The second-order valence-electron chi connectivity index (χ2n) is 5.23. The first kappa shape index (κ1) is 12.7. The molecule has 0 aromatic heterocycles. The summed E-state index contributed by atoms with van der Waals surface area (Å²) in [6, 6.07) is 6.60. The van der Waals surface area contributed by atoms with Crippen molar-refractivity contribution in [3.05, 3.63) is 47.5 Å². The summed E-state index contributed by atoms with van der Waals surface area (Å²) in [7, 11) is -1.70. The lowest BCUT2D eigenvalue weighted by Crippen LogP contribution is -2.46. The van der Waals surface area contributed by atoms with E-state index in [0.29, 0.717) is 11.1 Å². The summed E-state index contributed by atoms with van der Waals surface area (Å²) in [6.45, 7) is 0. The molecule has 1 saturated heterocycles. The molecule has 2 aliphatic heterocycles. The van der Waals surface area contributed by atoms with Gasteiger partial charge in [0, 0.05) is 11.1 Å². The molecule has 1 aliphatic carbocycles. The highest BCUT2D eigenvalue weighted by Gasteiger charge is 2.73. The number of alkyl halides is 2. The molecule has 4 rings (SSSR count). The number of Topliss-reactive ketones (excluding diaryl/α,β-unsaturated/α-hetero) is 2. The minimum Gasteiger partial charge on any atom is -0.294 e. The standard InChI is InChI=1S/C14H8Cl2O3S/c15-13-5-6-14(16,20(13)19)10-9(13)11(17)7-3-1-2-4-8(7)12(10)18/h1-6,9-10H. The maximum absolute atomic E-state index is 12.7. The second kappa shape index (κ2) is 3.62. The number of benzene rings is 1. The Labute approximate surface area is 127 Å². The van der Waals surface area contributed by atoms with Crippen molar-refractivity contribution in [1.29, 1.82) is 0 Å². The number of halogens is 2. The summed E-state index contributed by atoms with van der Waals surface area (Å²) in [5.41, 5.74) is 0.689. The Morgan fingerprint density at radius 1 is 0.900 bits per heavy atom. The predicted molar refractivity (Wildman–Crippen MR) is 76.5 cm³/mol. The minimum atomic E-state index is -1.70. The van der Waals surface area contributed by atoms with Crippen molar-refractivity contribution >= 4 is 45.6 Å². The molecule has 20 heavy (non-hydrogen) atoms. The van der Waals surface area contributed by atoms with E-state index in [1.165, 1.54) is 12.2 Å². The Balaban J connectivity index is 2.03. The third-order valence-electron chi connectivity index (χ3n) is 4.31. The molecule has 6 heteroatoms. The normalized spacial score (nSPS) is 44.6. The molecule has 0 spiro atoms. The Morgan fingerprint density at radius 3 is 1.70 bits per heavy atom. The number of carbonyl (C=O) groups excluding carboxylic acids is 2. The first-order chi connectivity index (χ1) is 9.41. The summed E-state index contributed by atoms with van der Waals surface area (Å²) >= 11 is 12.8. The maximum atomic E-state index is 12.7. The third-order valence-corrected chi connectivity index (χ3v) is 7.79.